The van der Waals surface area contributed by atoms with E-state index in [2.05, 4.69) is 39.2 Å². The third-order valence-electron chi connectivity index (χ3n) is 10.1. The number of piperidine rings is 2. The number of carbonyl (C=O) groups is 1. The SMILES string of the molecule is COc1cccc(OC)c1CN1CCC(N(C)CCCCCCCN2CCC(OC(=O)Nc3ccccc3-c3ccccc3)CC2)CC1. The lowest BCUT2D eigenvalue weighted by atomic mass is 10.0. The maximum Gasteiger partial charge on any atom is 0.411 e. The zero-order valence-corrected chi connectivity index (χ0v) is 29.4. The molecular weight excluding hydrogens is 600 g/mol. The quantitative estimate of drug-likeness (QED) is 0.157. The van der Waals surface area contributed by atoms with Gasteiger partial charge in [0.15, 0.2) is 0 Å². The van der Waals surface area contributed by atoms with Gasteiger partial charge in [-0.05, 0) is 95.5 Å². The molecule has 0 radical (unpaired) electrons. The molecule has 0 spiro atoms. The van der Waals surface area contributed by atoms with E-state index < -0.39 is 0 Å². The van der Waals surface area contributed by atoms with Crippen LogP contribution in [0.25, 0.3) is 11.1 Å². The Morgan fingerprint density at radius 1 is 0.750 bits per heavy atom. The molecule has 2 aliphatic heterocycles. The van der Waals surface area contributed by atoms with Crippen LogP contribution in [0.4, 0.5) is 10.5 Å². The summed E-state index contributed by atoms with van der Waals surface area (Å²) in [6, 6.07) is 24.7. The summed E-state index contributed by atoms with van der Waals surface area (Å²) < 4.78 is 17.0. The summed E-state index contributed by atoms with van der Waals surface area (Å²) in [5.41, 5.74) is 4.00. The van der Waals surface area contributed by atoms with E-state index >= 15 is 0 Å². The van der Waals surface area contributed by atoms with E-state index in [1.807, 2.05) is 60.7 Å². The highest BCUT2D eigenvalue weighted by molar-refractivity contribution is 5.91. The Labute approximate surface area is 288 Å². The van der Waals surface area contributed by atoms with Crippen molar-refractivity contribution in [3.8, 4) is 22.6 Å². The number of nitrogens with one attached hydrogen (secondary N) is 1. The number of nitrogens with zero attached hydrogens (tertiary/aromatic N) is 3. The van der Waals surface area contributed by atoms with Gasteiger partial charge < -0.3 is 24.0 Å². The fourth-order valence-electron chi connectivity index (χ4n) is 7.24. The highest BCUT2D eigenvalue weighted by Gasteiger charge is 2.25. The van der Waals surface area contributed by atoms with Crippen LogP contribution in [-0.2, 0) is 11.3 Å². The Bertz CT molecular complexity index is 1360. The smallest absolute Gasteiger partial charge is 0.411 e. The lowest BCUT2D eigenvalue weighted by Gasteiger charge is -2.37. The zero-order valence-electron chi connectivity index (χ0n) is 29.4. The molecule has 2 saturated heterocycles. The highest BCUT2D eigenvalue weighted by atomic mass is 16.6. The molecule has 1 N–H and O–H groups in total. The van der Waals surface area contributed by atoms with Crippen molar-refractivity contribution in [2.75, 3.05) is 65.9 Å². The standard InChI is InChI=1S/C40H56N4O4/c1-42(33-21-27-44(28-22-33)31-36-38(46-2)19-14-20-39(36)47-3)25-12-5-4-6-13-26-43-29-23-34(24-30-43)48-40(45)41-37-18-11-10-17-35(37)32-15-8-7-9-16-32/h7-11,14-20,33-34H,4-6,12-13,21-31H2,1-3H3,(H,41,45). The first-order valence-corrected chi connectivity index (χ1v) is 18.0. The van der Waals surface area contributed by atoms with Crippen molar-refractivity contribution in [3.63, 3.8) is 0 Å². The summed E-state index contributed by atoms with van der Waals surface area (Å²) in [5, 5.41) is 2.98. The fourth-order valence-corrected chi connectivity index (χ4v) is 7.24. The van der Waals surface area contributed by atoms with E-state index in [0.29, 0.717) is 6.04 Å². The number of likely N-dealkylation sites (tertiary alicyclic amines) is 2. The van der Waals surface area contributed by atoms with E-state index in [4.69, 9.17) is 14.2 Å². The van der Waals surface area contributed by atoms with Crippen molar-refractivity contribution in [2.24, 2.45) is 0 Å². The van der Waals surface area contributed by atoms with Gasteiger partial charge in [0.2, 0.25) is 0 Å². The van der Waals surface area contributed by atoms with E-state index in [1.54, 1.807) is 14.2 Å². The molecule has 0 saturated carbocycles. The summed E-state index contributed by atoms with van der Waals surface area (Å²) in [6.45, 7) is 7.40. The van der Waals surface area contributed by atoms with Crippen LogP contribution in [0.1, 0.15) is 63.4 Å². The van der Waals surface area contributed by atoms with Gasteiger partial charge in [0.1, 0.15) is 17.6 Å². The summed E-state index contributed by atoms with van der Waals surface area (Å²) in [7, 11) is 5.78. The molecular formula is C40H56N4O4. The second-order valence-corrected chi connectivity index (χ2v) is 13.4. The van der Waals surface area contributed by atoms with Crippen LogP contribution >= 0.6 is 0 Å². The van der Waals surface area contributed by atoms with Crippen molar-refractivity contribution < 1.29 is 19.0 Å². The summed E-state index contributed by atoms with van der Waals surface area (Å²) in [4.78, 5) is 20.4. The summed E-state index contributed by atoms with van der Waals surface area (Å²) in [5.74, 6) is 1.82. The van der Waals surface area contributed by atoms with Gasteiger partial charge in [-0.1, -0.05) is 73.9 Å². The van der Waals surface area contributed by atoms with Gasteiger partial charge in [-0.25, -0.2) is 4.79 Å². The van der Waals surface area contributed by atoms with Gasteiger partial charge >= 0.3 is 6.09 Å². The van der Waals surface area contributed by atoms with Crippen molar-refractivity contribution in [1.82, 2.24) is 14.7 Å². The van der Waals surface area contributed by atoms with Crippen LogP contribution in [0.2, 0.25) is 0 Å². The molecule has 0 bridgehead atoms. The topological polar surface area (TPSA) is 66.5 Å². The fraction of sp³-hybridized carbons (Fsp3) is 0.525. The van der Waals surface area contributed by atoms with Gasteiger partial charge in [0.05, 0.1) is 25.5 Å². The number of rotatable bonds is 16. The third kappa shape index (κ3) is 10.5. The van der Waals surface area contributed by atoms with E-state index in [-0.39, 0.29) is 12.2 Å². The van der Waals surface area contributed by atoms with Crippen LogP contribution in [-0.4, -0.2) is 93.5 Å². The van der Waals surface area contributed by atoms with Gasteiger partial charge in [-0.2, -0.15) is 0 Å². The Hall–Kier alpha value is -3.59. The Kier molecular flexibility index (Phi) is 14.0. The zero-order chi connectivity index (χ0) is 33.6. The first kappa shape index (κ1) is 35.7. The normalized spacial score (nSPS) is 16.6. The van der Waals surface area contributed by atoms with Crippen LogP contribution in [0, 0.1) is 0 Å². The Balaban J connectivity index is 0.894. The number of para-hydroxylation sites is 1. The number of benzene rings is 3. The molecule has 3 aromatic carbocycles. The molecule has 2 fully saturated rings. The molecule has 0 unspecified atom stereocenters. The minimum Gasteiger partial charge on any atom is -0.496 e. The number of amides is 1. The second kappa shape index (κ2) is 18.8. The molecule has 2 aliphatic rings. The maximum absolute atomic E-state index is 12.7. The predicted octanol–water partition coefficient (Wildman–Crippen LogP) is 7.93. The Morgan fingerprint density at radius 2 is 1.38 bits per heavy atom. The van der Waals surface area contributed by atoms with E-state index in [0.717, 1.165) is 86.0 Å². The van der Waals surface area contributed by atoms with E-state index in [1.165, 1.54) is 51.5 Å². The number of hydrogen-bond acceptors (Lipinski definition) is 7. The van der Waals surface area contributed by atoms with Crippen LogP contribution in [0.5, 0.6) is 11.5 Å². The minimum absolute atomic E-state index is 0.0229. The molecule has 8 heteroatoms. The van der Waals surface area contributed by atoms with Crippen LogP contribution in [0.3, 0.4) is 0 Å². The van der Waals surface area contributed by atoms with Crippen molar-refractivity contribution >= 4 is 11.8 Å². The lowest BCUT2D eigenvalue weighted by molar-refractivity contribution is 0.0584. The predicted molar refractivity (Wildman–Crippen MR) is 195 cm³/mol. The number of anilines is 1. The van der Waals surface area contributed by atoms with E-state index in [9.17, 15) is 4.79 Å². The van der Waals surface area contributed by atoms with Crippen molar-refractivity contribution in [2.45, 2.75) is 76.5 Å². The molecule has 3 aromatic rings. The number of ether oxygens (including phenoxy) is 3. The first-order valence-electron chi connectivity index (χ1n) is 18.0. The second-order valence-electron chi connectivity index (χ2n) is 13.4. The number of carbonyl (C=O) groups excluding carboxylic acids is 1. The van der Waals surface area contributed by atoms with Gasteiger partial charge in [-0.15, -0.1) is 0 Å². The van der Waals surface area contributed by atoms with Crippen molar-refractivity contribution in [3.05, 3.63) is 78.4 Å². The molecule has 0 aliphatic carbocycles. The molecule has 0 aromatic heterocycles. The minimum atomic E-state index is -0.363. The van der Waals surface area contributed by atoms with Crippen LogP contribution < -0.4 is 14.8 Å². The average molecular weight is 657 g/mol. The van der Waals surface area contributed by atoms with Gasteiger partial charge in [0.25, 0.3) is 0 Å². The summed E-state index contributed by atoms with van der Waals surface area (Å²) in [6.07, 6.45) is 10.2. The number of hydrogen-bond donors (Lipinski definition) is 1. The molecule has 2 heterocycles. The monoisotopic (exact) mass is 656 g/mol. The number of methoxy groups -OCH3 is 2. The molecule has 48 heavy (non-hydrogen) atoms. The molecule has 8 nitrogen and oxygen atoms in total. The summed E-state index contributed by atoms with van der Waals surface area (Å²) >= 11 is 0. The third-order valence-corrected chi connectivity index (χ3v) is 10.1. The highest BCUT2D eigenvalue weighted by Crippen LogP contribution is 2.31. The molecule has 260 valence electrons. The maximum atomic E-state index is 12.7. The molecule has 5 rings (SSSR count). The van der Waals surface area contributed by atoms with Gasteiger partial charge in [0, 0.05) is 31.2 Å². The average Bonchev–Trinajstić information content (AvgIpc) is 3.12. The Morgan fingerprint density at radius 3 is 2.08 bits per heavy atom. The van der Waals surface area contributed by atoms with Crippen LogP contribution in [0.15, 0.2) is 72.8 Å². The van der Waals surface area contributed by atoms with Crippen molar-refractivity contribution in [1.29, 1.82) is 0 Å². The largest absolute Gasteiger partial charge is 0.496 e. The lowest BCUT2D eigenvalue weighted by Crippen LogP contribution is -2.43. The van der Waals surface area contributed by atoms with Gasteiger partial charge in [-0.3, -0.25) is 10.2 Å². The molecule has 0 atom stereocenters. The first-order chi connectivity index (χ1) is 23.5. The molecule has 1 amide bonds. The number of unbranched alkanes of at least 4 members (excludes halogenated alkanes) is 4.